The molecule has 0 saturated heterocycles. The van der Waals surface area contributed by atoms with E-state index in [0.717, 1.165) is 10.0 Å². The van der Waals surface area contributed by atoms with E-state index in [2.05, 4.69) is 21.2 Å². The first-order valence-corrected chi connectivity index (χ1v) is 6.71. The molecule has 0 bridgehead atoms. The van der Waals surface area contributed by atoms with Gasteiger partial charge in [-0.3, -0.25) is 10.1 Å². The molecule has 0 amide bonds. The smallest absolute Gasteiger partial charge is 0.296 e. The minimum absolute atomic E-state index is 0.00333. The van der Waals surface area contributed by atoms with Crippen molar-refractivity contribution in [1.82, 2.24) is 0 Å². The van der Waals surface area contributed by atoms with Crippen LogP contribution in [0.3, 0.4) is 0 Å². The quantitative estimate of drug-likeness (QED) is 0.662. The monoisotopic (exact) mass is 336 g/mol. The average molecular weight is 337 g/mol. The second kappa shape index (κ2) is 6.38. The van der Waals surface area contributed by atoms with Gasteiger partial charge in [0.1, 0.15) is 11.4 Å². The van der Waals surface area contributed by atoms with E-state index in [1.54, 1.807) is 12.1 Å². The largest absolute Gasteiger partial charge is 0.496 e. The SMILES string of the molecule is COc1ccc(NCc2ccccc2Br)c([N+](=O)[O-])c1. The lowest BCUT2D eigenvalue weighted by molar-refractivity contribution is -0.384. The standard InChI is InChI=1S/C14H13BrN2O3/c1-20-11-6-7-13(14(8-11)17(18)19)16-9-10-4-2-3-5-12(10)15/h2-8,16H,9H2,1H3. The summed E-state index contributed by atoms with van der Waals surface area (Å²) in [6.45, 7) is 0.495. The summed E-state index contributed by atoms with van der Waals surface area (Å²) in [4.78, 5) is 10.6. The zero-order chi connectivity index (χ0) is 14.5. The van der Waals surface area contributed by atoms with Crippen LogP contribution in [0.25, 0.3) is 0 Å². The summed E-state index contributed by atoms with van der Waals surface area (Å²) in [5, 5.41) is 14.1. The first kappa shape index (κ1) is 14.3. The summed E-state index contributed by atoms with van der Waals surface area (Å²) in [7, 11) is 1.48. The van der Waals surface area contributed by atoms with Gasteiger partial charge in [0.05, 0.1) is 18.1 Å². The Hall–Kier alpha value is -2.08. The van der Waals surface area contributed by atoms with E-state index in [9.17, 15) is 10.1 Å². The van der Waals surface area contributed by atoms with Crippen molar-refractivity contribution in [2.75, 3.05) is 12.4 Å². The minimum atomic E-state index is -0.426. The van der Waals surface area contributed by atoms with E-state index in [1.165, 1.54) is 13.2 Å². The van der Waals surface area contributed by atoms with Gasteiger partial charge < -0.3 is 10.1 Å². The van der Waals surface area contributed by atoms with Gasteiger partial charge in [-0.1, -0.05) is 34.1 Å². The molecule has 0 unspecified atom stereocenters. The normalized spacial score (nSPS) is 10.1. The molecule has 0 aromatic heterocycles. The van der Waals surface area contributed by atoms with E-state index in [0.29, 0.717) is 18.0 Å². The summed E-state index contributed by atoms with van der Waals surface area (Å²) in [6, 6.07) is 12.5. The summed E-state index contributed by atoms with van der Waals surface area (Å²) in [6.07, 6.45) is 0. The molecule has 0 aliphatic rings. The van der Waals surface area contributed by atoms with Gasteiger partial charge in [0.25, 0.3) is 5.69 Å². The van der Waals surface area contributed by atoms with Crippen molar-refractivity contribution in [2.45, 2.75) is 6.54 Å². The number of ether oxygens (including phenoxy) is 1. The number of hydrogen-bond donors (Lipinski definition) is 1. The van der Waals surface area contributed by atoms with Gasteiger partial charge in [0.15, 0.2) is 0 Å². The Bertz CT molecular complexity index is 632. The number of halogens is 1. The number of rotatable bonds is 5. The molecule has 0 saturated carbocycles. The topological polar surface area (TPSA) is 64.4 Å². The number of methoxy groups -OCH3 is 1. The van der Waals surface area contributed by atoms with Crippen LogP contribution in [0, 0.1) is 10.1 Å². The maximum absolute atomic E-state index is 11.1. The fourth-order valence-corrected chi connectivity index (χ4v) is 2.20. The third-order valence-corrected chi connectivity index (χ3v) is 3.60. The lowest BCUT2D eigenvalue weighted by Crippen LogP contribution is -2.03. The highest BCUT2D eigenvalue weighted by molar-refractivity contribution is 9.10. The Kier molecular flexibility index (Phi) is 4.57. The number of anilines is 1. The molecule has 6 heteroatoms. The summed E-state index contributed by atoms with van der Waals surface area (Å²) in [5.74, 6) is 0.461. The predicted molar refractivity (Wildman–Crippen MR) is 81.1 cm³/mol. The number of hydrogen-bond acceptors (Lipinski definition) is 4. The predicted octanol–water partition coefficient (Wildman–Crippen LogP) is 3.98. The first-order valence-electron chi connectivity index (χ1n) is 5.91. The average Bonchev–Trinajstić information content (AvgIpc) is 2.46. The van der Waals surface area contributed by atoms with Crippen LogP contribution in [-0.2, 0) is 6.54 Å². The highest BCUT2D eigenvalue weighted by Gasteiger charge is 2.15. The molecule has 1 N–H and O–H groups in total. The van der Waals surface area contributed by atoms with Crippen LogP contribution in [-0.4, -0.2) is 12.0 Å². The van der Waals surface area contributed by atoms with E-state index < -0.39 is 4.92 Å². The number of nitrogens with zero attached hydrogens (tertiary/aromatic N) is 1. The highest BCUT2D eigenvalue weighted by Crippen LogP contribution is 2.29. The molecular formula is C14H13BrN2O3. The first-order chi connectivity index (χ1) is 9.61. The Morgan fingerprint density at radius 3 is 2.70 bits per heavy atom. The van der Waals surface area contributed by atoms with Crippen LogP contribution in [0.5, 0.6) is 5.75 Å². The lowest BCUT2D eigenvalue weighted by atomic mass is 10.2. The van der Waals surface area contributed by atoms with Crippen LogP contribution < -0.4 is 10.1 Å². The molecule has 0 heterocycles. The van der Waals surface area contributed by atoms with Gasteiger partial charge in [-0.15, -0.1) is 0 Å². The van der Waals surface area contributed by atoms with Crippen LogP contribution >= 0.6 is 15.9 Å². The van der Waals surface area contributed by atoms with Gasteiger partial charge >= 0.3 is 0 Å². The molecule has 0 aliphatic carbocycles. The van der Waals surface area contributed by atoms with E-state index in [-0.39, 0.29) is 5.69 Å². The second-order valence-electron chi connectivity index (χ2n) is 4.09. The van der Waals surface area contributed by atoms with Crippen molar-refractivity contribution in [3.8, 4) is 5.75 Å². The number of nitrogens with one attached hydrogen (secondary N) is 1. The highest BCUT2D eigenvalue weighted by atomic mass is 79.9. The lowest BCUT2D eigenvalue weighted by Gasteiger charge is -2.09. The van der Waals surface area contributed by atoms with Gasteiger partial charge in [0, 0.05) is 11.0 Å². The molecule has 5 nitrogen and oxygen atoms in total. The van der Waals surface area contributed by atoms with E-state index >= 15 is 0 Å². The zero-order valence-electron chi connectivity index (χ0n) is 10.8. The van der Waals surface area contributed by atoms with Crippen LogP contribution in [0.2, 0.25) is 0 Å². The Morgan fingerprint density at radius 2 is 2.05 bits per heavy atom. The third kappa shape index (κ3) is 3.27. The second-order valence-corrected chi connectivity index (χ2v) is 4.94. The molecule has 0 atom stereocenters. The molecule has 2 aromatic rings. The van der Waals surface area contributed by atoms with Crippen LogP contribution in [0.1, 0.15) is 5.56 Å². The molecule has 0 fully saturated rings. The summed E-state index contributed by atoms with van der Waals surface area (Å²) >= 11 is 3.45. The Balaban J connectivity index is 2.21. The summed E-state index contributed by atoms with van der Waals surface area (Å²) < 4.78 is 5.96. The van der Waals surface area contributed by atoms with Gasteiger partial charge in [-0.25, -0.2) is 0 Å². The maximum atomic E-state index is 11.1. The molecular weight excluding hydrogens is 324 g/mol. The molecule has 2 aromatic carbocycles. The van der Waals surface area contributed by atoms with Crippen molar-refractivity contribution in [2.24, 2.45) is 0 Å². The molecule has 0 radical (unpaired) electrons. The van der Waals surface area contributed by atoms with Gasteiger partial charge in [-0.05, 0) is 23.8 Å². The molecule has 2 rings (SSSR count). The number of benzene rings is 2. The van der Waals surface area contributed by atoms with Gasteiger partial charge in [-0.2, -0.15) is 0 Å². The summed E-state index contributed by atoms with van der Waals surface area (Å²) in [5.41, 5.74) is 1.49. The van der Waals surface area contributed by atoms with Crippen molar-refractivity contribution in [1.29, 1.82) is 0 Å². The molecule has 104 valence electrons. The minimum Gasteiger partial charge on any atom is -0.496 e. The maximum Gasteiger partial charge on any atom is 0.296 e. The molecule has 0 spiro atoms. The van der Waals surface area contributed by atoms with Crippen molar-refractivity contribution >= 4 is 27.3 Å². The van der Waals surface area contributed by atoms with E-state index in [4.69, 9.17) is 4.74 Å². The van der Waals surface area contributed by atoms with Crippen molar-refractivity contribution in [3.63, 3.8) is 0 Å². The fourth-order valence-electron chi connectivity index (χ4n) is 1.77. The van der Waals surface area contributed by atoms with Crippen molar-refractivity contribution < 1.29 is 9.66 Å². The molecule has 20 heavy (non-hydrogen) atoms. The molecule has 0 aliphatic heterocycles. The van der Waals surface area contributed by atoms with Crippen LogP contribution in [0.15, 0.2) is 46.9 Å². The fraction of sp³-hybridized carbons (Fsp3) is 0.143. The van der Waals surface area contributed by atoms with Crippen LogP contribution in [0.4, 0.5) is 11.4 Å². The number of nitro groups is 1. The van der Waals surface area contributed by atoms with Crippen molar-refractivity contribution in [3.05, 3.63) is 62.6 Å². The Morgan fingerprint density at radius 1 is 1.30 bits per heavy atom. The van der Waals surface area contributed by atoms with Gasteiger partial charge in [0.2, 0.25) is 0 Å². The third-order valence-electron chi connectivity index (χ3n) is 2.83. The zero-order valence-corrected chi connectivity index (χ0v) is 12.4. The Labute approximate surface area is 124 Å². The van der Waals surface area contributed by atoms with E-state index in [1.807, 2.05) is 24.3 Å². The number of nitro benzene ring substituents is 1.